The van der Waals surface area contributed by atoms with Crippen molar-refractivity contribution in [2.45, 2.75) is 0 Å². The fourth-order valence-corrected chi connectivity index (χ4v) is 8.53. The number of nitrogens with zero attached hydrogens (tertiary/aromatic N) is 5. The van der Waals surface area contributed by atoms with E-state index in [0.29, 0.717) is 17.7 Å². The topological polar surface area (TPSA) is 61.7 Å². The molecule has 0 spiro atoms. The predicted molar refractivity (Wildman–Crippen MR) is 232 cm³/mol. The van der Waals surface area contributed by atoms with Crippen LogP contribution in [0.1, 0.15) is 0 Å². The molecule has 0 aliphatic carbocycles. The third-order valence-electron chi connectivity index (χ3n) is 11.2. The first kappa shape index (κ1) is 31.5. The number of para-hydroxylation sites is 5. The van der Waals surface area contributed by atoms with Crippen molar-refractivity contribution in [1.82, 2.24) is 24.1 Å². The molecular weight excluding hydrogens is 699 g/mol. The van der Waals surface area contributed by atoms with Gasteiger partial charge < -0.3 is 4.42 Å². The van der Waals surface area contributed by atoms with E-state index in [1.807, 2.05) is 12.1 Å². The molecule has 0 radical (unpaired) electrons. The van der Waals surface area contributed by atoms with Gasteiger partial charge in [0, 0.05) is 37.9 Å². The molecule has 8 aromatic carbocycles. The van der Waals surface area contributed by atoms with Crippen molar-refractivity contribution < 1.29 is 4.42 Å². The van der Waals surface area contributed by atoms with Crippen molar-refractivity contribution in [2.75, 3.05) is 0 Å². The molecule has 12 aromatic rings. The number of rotatable bonds is 5. The standard InChI is InChI=1S/C51H31N5O/c1-6-16-43-37(11-1)38-12-2-7-17-44(38)55(43)50-52-49(53-51(54-50)56-45-18-8-3-13-39(45)40-14-4-9-19-46(40)56)35-27-25-33(26-28-35)32-21-23-34(24-22-32)36-29-30-48-42(31-36)41-15-5-10-20-47(41)57-48/h1-31H. The molecule has 0 N–H and O–H groups in total. The van der Waals surface area contributed by atoms with Gasteiger partial charge in [0.15, 0.2) is 5.82 Å². The van der Waals surface area contributed by atoms with Gasteiger partial charge in [-0.1, -0.05) is 146 Å². The summed E-state index contributed by atoms with van der Waals surface area (Å²) in [5, 5.41) is 6.87. The molecule has 0 saturated heterocycles. The smallest absolute Gasteiger partial charge is 0.240 e. The molecule has 4 aromatic heterocycles. The summed E-state index contributed by atoms with van der Waals surface area (Å²) < 4.78 is 10.4. The molecule has 6 heteroatoms. The fourth-order valence-electron chi connectivity index (χ4n) is 8.53. The largest absolute Gasteiger partial charge is 0.456 e. The van der Waals surface area contributed by atoms with Crippen molar-refractivity contribution >= 4 is 65.6 Å². The van der Waals surface area contributed by atoms with Crippen molar-refractivity contribution in [3.63, 3.8) is 0 Å². The van der Waals surface area contributed by atoms with E-state index >= 15 is 0 Å². The molecule has 0 amide bonds. The second-order valence-electron chi connectivity index (χ2n) is 14.5. The molecule has 0 aliphatic heterocycles. The van der Waals surface area contributed by atoms with Gasteiger partial charge in [0.25, 0.3) is 0 Å². The van der Waals surface area contributed by atoms with Crippen molar-refractivity contribution in [3.8, 4) is 45.5 Å². The summed E-state index contributed by atoms with van der Waals surface area (Å²) in [6.07, 6.45) is 0. The maximum absolute atomic E-state index is 6.07. The molecule has 0 atom stereocenters. The van der Waals surface area contributed by atoms with Gasteiger partial charge in [-0.2, -0.15) is 15.0 Å². The molecule has 0 saturated carbocycles. The SMILES string of the molecule is c1ccc2c(c1)oc1ccc(-c3ccc(-c4ccc(-c5nc(-n6c7ccccc7c7ccccc76)nc(-n6c7ccccc7c7ccccc76)n5)cc4)cc3)cc12. The van der Waals surface area contributed by atoms with Crippen LogP contribution in [0.15, 0.2) is 192 Å². The Kier molecular flexibility index (Phi) is 6.83. The van der Waals surface area contributed by atoms with E-state index in [1.54, 1.807) is 0 Å². The van der Waals surface area contributed by atoms with Crippen LogP contribution < -0.4 is 0 Å². The first-order valence-electron chi connectivity index (χ1n) is 19.1. The second-order valence-corrected chi connectivity index (χ2v) is 14.5. The van der Waals surface area contributed by atoms with Gasteiger partial charge in [-0.05, 0) is 64.7 Å². The molecule has 0 bridgehead atoms. The summed E-state index contributed by atoms with van der Waals surface area (Å²) in [6, 6.07) is 65.7. The third-order valence-corrected chi connectivity index (χ3v) is 11.2. The third kappa shape index (κ3) is 4.94. The fraction of sp³-hybridized carbons (Fsp3) is 0. The number of aromatic nitrogens is 5. The van der Waals surface area contributed by atoms with Gasteiger partial charge in [-0.15, -0.1) is 0 Å². The Morgan fingerprint density at radius 3 is 1.16 bits per heavy atom. The maximum atomic E-state index is 6.07. The van der Waals surface area contributed by atoms with Crippen LogP contribution in [0.4, 0.5) is 0 Å². The lowest BCUT2D eigenvalue weighted by Gasteiger charge is -2.13. The number of benzene rings is 8. The minimum Gasteiger partial charge on any atom is -0.456 e. The Hall–Kier alpha value is -7.83. The zero-order valence-corrected chi connectivity index (χ0v) is 30.5. The molecule has 6 nitrogen and oxygen atoms in total. The first-order chi connectivity index (χ1) is 28.2. The zero-order valence-electron chi connectivity index (χ0n) is 30.5. The Morgan fingerprint density at radius 1 is 0.298 bits per heavy atom. The summed E-state index contributed by atoms with van der Waals surface area (Å²) in [5.74, 6) is 1.73. The second kappa shape index (κ2) is 12.3. The van der Waals surface area contributed by atoms with Crippen LogP contribution in [0, 0.1) is 0 Å². The van der Waals surface area contributed by atoms with Gasteiger partial charge in [-0.3, -0.25) is 9.13 Å². The van der Waals surface area contributed by atoms with Crippen LogP contribution in [-0.2, 0) is 0 Å². The zero-order chi connectivity index (χ0) is 37.5. The first-order valence-corrected chi connectivity index (χ1v) is 19.1. The van der Waals surface area contributed by atoms with E-state index in [2.05, 4.69) is 185 Å². The summed E-state index contributed by atoms with van der Waals surface area (Å²) in [7, 11) is 0. The van der Waals surface area contributed by atoms with Crippen LogP contribution >= 0.6 is 0 Å². The average molecular weight is 730 g/mol. The molecule has 0 aliphatic rings. The Labute approximate surface area is 326 Å². The molecule has 0 fully saturated rings. The van der Waals surface area contributed by atoms with E-state index in [1.165, 1.54) is 0 Å². The van der Waals surface area contributed by atoms with Crippen LogP contribution in [0.5, 0.6) is 0 Å². The van der Waals surface area contributed by atoms with Gasteiger partial charge in [0.2, 0.25) is 11.9 Å². The van der Waals surface area contributed by atoms with Gasteiger partial charge >= 0.3 is 0 Å². The lowest BCUT2D eigenvalue weighted by atomic mass is 9.98. The highest BCUT2D eigenvalue weighted by Gasteiger charge is 2.20. The highest BCUT2D eigenvalue weighted by atomic mass is 16.3. The number of furan rings is 1. The van der Waals surface area contributed by atoms with E-state index in [9.17, 15) is 0 Å². The summed E-state index contributed by atoms with van der Waals surface area (Å²) in [5.41, 5.74) is 11.4. The quantitative estimate of drug-likeness (QED) is 0.177. The number of hydrogen-bond acceptors (Lipinski definition) is 4. The van der Waals surface area contributed by atoms with Crippen molar-refractivity contribution in [1.29, 1.82) is 0 Å². The Morgan fingerprint density at radius 2 is 0.667 bits per heavy atom. The van der Waals surface area contributed by atoms with Crippen LogP contribution in [0.25, 0.3) is 111 Å². The molecular formula is C51H31N5O. The van der Waals surface area contributed by atoms with E-state index in [4.69, 9.17) is 19.4 Å². The highest BCUT2D eigenvalue weighted by Crippen LogP contribution is 2.36. The summed E-state index contributed by atoms with van der Waals surface area (Å²) >= 11 is 0. The lowest BCUT2D eigenvalue weighted by Crippen LogP contribution is -2.10. The van der Waals surface area contributed by atoms with Crippen molar-refractivity contribution in [2.24, 2.45) is 0 Å². The summed E-state index contributed by atoms with van der Waals surface area (Å²) in [6.45, 7) is 0. The Bertz CT molecular complexity index is 3280. The lowest BCUT2D eigenvalue weighted by molar-refractivity contribution is 0.669. The van der Waals surface area contributed by atoms with Crippen molar-refractivity contribution in [3.05, 3.63) is 188 Å². The predicted octanol–water partition coefficient (Wildman–Crippen LogP) is 13.0. The molecule has 4 heterocycles. The van der Waals surface area contributed by atoms with E-state index in [-0.39, 0.29) is 0 Å². The van der Waals surface area contributed by atoms with Crippen LogP contribution in [0.3, 0.4) is 0 Å². The molecule has 12 rings (SSSR count). The summed E-state index contributed by atoms with van der Waals surface area (Å²) in [4.78, 5) is 15.7. The molecule has 266 valence electrons. The highest BCUT2D eigenvalue weighted by molar-refractivity contribution is 6.10. The number of hydrogen-bond donors (Lipinski definition) is 0. The monoisotopic (exact) mass is 729 g/mol. The van der Waals surface area contributed by atoms with Crippen LogP contribution in [-0.4, -0.2) is 24.1 Å². The minimum absolute atomic E-state index is 0.565. The average Bonchev–Trinajstić information content (AvgIpc) is 3.94. The van der Waals surface area contributed by atoms with Gasteiger partial charge in [0.05, 0.1) is 22.1 Å². The van der Waals surface area contributed by atoms with E-state index in [0.717, 1.165) is 93.4 Å². The Balaban J connectivity index is 0.978. The number of fused-ring (bicyclic) bond motifs is 9. The molecule has 0 unspecified atom stereocenters. The van der Waals surface area contributed by atoms with Gasteiger partial charge in [0.1, 0.15) is 11.2 Å². The minimum atomic E-state index is 0.565. The van der Waals surface area contributed by atoms with E-state index < -0.39 is 0 Å². The normalized spacial score (nSPS) is 11.9. The molecule has 57 heavy (non-hydrogen) atoms. The van der Waals surface area contributed by atoms with Gasteiger partial charge in [-0.25, -0.2) is 0 Å². The maximum Gasteiger partial charge on any atom is 0.240 e. The van der Waals surface area contributed by atoms with Crippen LogP contribution in [0.2, 0.25) is 0 Å².